The normalized spacial score (nSPS) is 15.3. The van der Waals surface area contributed by atoms with Gasteiger partial charge in [0.2, 0.25) is 0 Å². The molecule has 0 aromatic heterocycles. The number of hydrogen-bond donors (Lipinski definition) is 0. The number of thioether (sulfide) groups is 1. The minimum absolute atomic E-state index is 0.190. The number of imide groups is 1. The third kappa shape index (κ3) is 5.63. The predicted octanol–water partition coefficient (Wildman–Crippen LogP) is 4.08. The second kappa shape index (κ2) is 10.7. The summed E-state index contributed by atoms with van der Waals surface area (Å²) in [5, 5.41) is -0.494. The fourth-order valence-corrected chi connectivity index (χ4v) is 4.02. The van der Waals surface area contributed by atoms with Crippen molar-refractivity contribution in [2.24, 2.45) is 0 Å². The standard InChI is InChI=1S/C19H22INO6S/c1-4-7-27-17-13(20)8-12(9-14(17)25-5-2)10-15-18(23)21(19(24)28-15)11-16(22)26-6-3/h8-10H,4-7,11H2,1-3H3/b15-10-. The lowest BCUT2D eigenvalue weighted by Gasteiger charge is -2.14. The summed E-state index contributed by atoms with van der Waals surface area (Å²) in [6.45, 7) is 6.41. The summed E-state index contributed by atoms with van der Waals surface area (Å²) in [6, 6.07) is 3.63. The Kier molecular flexibility index (Phi) is 8.61. The zero-order valence-electron chi connectivity index (χ0n) is 16.0. The fraction of sp³-hybridized carbons (Fsp3) is 0.421. The summed E-state index contributed by atoms with van der Waals surface area (Å²) in [5.41, 5.74) is 0.707. The molecule has 1 aliphatic heterocycles. The molecule has 152 valence electrons. The molecule has 7 nitrogen and oxygen atoms in total. The third-order valence-corrected chi connectivity index (χ3v) is 5.25. The van der Waals surface area contributed by atoms with Crippen molar-refractivity contribution in [3.05, 3.63) is 26.2 Å². The molecule has 2 rings (SSSR count). The van der Waals surface area contributed by atoms with Gasteiger partial charge in [-0.3, -0.25) is 19.3 Å². The van der Waals surface area contributed by atoms with Crippen LogP contribution in [-0.4, -0.2) is 48.4 Å². The van der Waals surface area contributed by atoms with Crippen molar-refractivity contribution in [1.29, 1.82) is 0 Å². The van der Waals surface area contributed by atoms with Crippen molar-refractivity contribution in [2.75, 3.05) is 26.4 Å². The molecule has 2 amide bonds. The molecule has 0 aliphatic carbocycles. The smallest absolute Gasteiger partial charge is 0.326 e. The van der Waals surface area contributed by atoms with Crippen LogP contribution >= 0.6 is 34.4 Å². The molecule has 0 saturated carbocycles. The van der Waals surface area contributed by atoms with Gasteiger partial charge >= 0.3 is 5.97 Å². The van der Waals surface area contributed by atoms with Crippen LogP contribution < -0.4 is 9.47 Å². The summed E-state index contributed by atoms with van der Waals surface area (Å²) < 4.78 is 17.1. The largest absolute Gasteiger partial charge is 0.490 e. The second-order valence-electron chi connectivity index (χ2n) is 5.68. The molecule has 0 unspecified atom stereocenters. The molecule has 0 radical (unpaired) electrons. The topological polar surface area (TPSA) is 82.1 Å². The zero-order valence-corrected chi connectivity index (χ0v) is 18.9. The van der Waals surface area contributed by atoms with E-state index >= 15 is 0 Å². The lowest BCUT2D eigenvalue weighted by Crippen LogP contribution is -2.34. The Hall–Kier alpha value is -1.75. The van der Waals surface area contributed by atoms with Gasteiger partial charge in [-0.1, -0.05) is 6.92 Å². The quantitative estimate of drug-likeness (QED) is 0.276. The monoisotopic (exact) mass is 519 g/mol. The van der Waals surface area contributed by atoms with E-state index in [9.17, 15) is 14.4 Å². The number of nitrogens with zero attached hydrogens (tertiary/aromatic N) is 1. The molecular formula is C19H22INO6S. The number of benzene rings is 1. The average Bonchev–Trinajstić information content (AvgIpc) is 2.89. The van der Waals surface area contributed by atoms with Gasteiger partial charge < -0.3 is 14.2 Å². The first kappa shape index (κ1) is 22.5. The number of hydrogen-bond acceptors (Lipinski definition) is 7. The number of carbonyl (C=O) groups is 3. The van der Waals surface area contributed by atoms with Gasteiger partial charge in [0.25, 0.3) is 11.1 Å². The maximum absolute atomic E-state index is 12.5. The lowest BCUT2D eigenvalue weighted by atomic mass is 10.2. The minimum atomic E-state index is -0.614. The van der Waals surface area contributed by atoms with E-state index in [4.69, 9.17) is 14.2 Å². The molecule has 1 aromatic rings. The molecular weight excluding hydrogens is 497 g/mol. The van der Waals surface area contributed by atoms with Crippen LogP contribution in [0.4, 0.5) is 4.79 Å². The first-order chi connectivity index (χ1) is 13.4. The number of esters is 1. The second-order valence-corrected chi connectivity index (χ2v) is 7.84. The van der Waals surface area contributed by atoms with Gasteiger partial charge in [-0.15, -0.1) is 0 Å². The van der Waals surface area contributed by atoms with E-state index in [2.05, 4.69) is 22.6 Å². The number of carbonyl (C=O) groups excluding carboxylic acids is 3. The number of amides is 2. The van der Waals surface area contributed by atoms with E-state index < -0.39 is 17.1 Å². The zero-order chi connectivity index (χ0) is 20.7. The van der Waals surface area contributed by atoms with E-state index in [-0.39, 0.29) is 18.1 Å². The molecule has 1 fully saturated rings. The highest BCUT2D eigenvalue weighted by molar-refractivity contribution is 14.1. The molecule has 1 saturated heterocycles. The molecule has 0 bridgehead atoms. The van der Waals surface area contributed by atoms with Crippen LogP contribution in [0.1, 0.15) is 32.8 Å². The highest BCUT2D eigenvalue weighted by atomic mass is 127. The van der Waals surface area contributed by atoms with Gasteiger partial charge in [0.1, 0.15) is 6.54 Å². The molecule has 0 spiro atoms. The Morgan fingerprint density at radius 1 is 1.18 bits per heavy atom. The van der Waals surface area contributed by atoms with Gasteiger partial charge in [-0.05, 0) is 78.4 Å². The molecule has 0 atom stereocenters. The van der Waals surface area contributed by atoms with Crippen LogP contribution in [0.5, 0.6) is 11.5 Å². The summed E-state index contributed by atoms with van der Waals surface area (Å²) >= 11 is 2.95. The van der Waals surface area contributed by atoms with Crippen LogP contribution in [0, 0.1) is 3.57 Å². The molecule has 28 heavy (non-hydrogen) atoms. The highest BCUT2D eigenvalue weighted by Crippen LogP contribution is 2.37. The van der Waals surface area contributed by atoms with Crippen molar-refractivity contribution in [3.63, 3.8) is 0 Å². The van der Waals surface area contributed by atoms with Crippen molar-refractivity contribution < 1.29 is 28.6 Å². The molecule has 9 heteroatoms. The van der Waals surface area contributed by atoms with Gasteiger partial charge in [-0.25, -0.2) is 0 Å². The van der Waals surface area contributed by atoms with E-state index in [1.54, 1.807) is 19.1 Å². The van der Waals surface area contributed by atoms with E-state index in [0.717, 1.165) is 26.7 Å². The number of halogens is 1. The molecule has 1 aromatic carbocycles. The number of ether oxygens (including phenoxy) is 3. The first-order valence-corrected chi connectivity index (χ1v) is 10.8. The summed E-state index contributed by atoms with van der Waals surface area (Å²) in [5.74, 6) is 0.121. The Balaban J connectivity index is 2.28. The van der Waals surface area contributed by atoms with Crippen LogP contribution in [0.3, 0.4) is 0 Å². The highest BCUT2D eigenvalue weighted by Gasteiger charge is 2.36. The van der Waals surface area contributed by atoms with Gasteiger partial charge in [-0.2, -0.15) is 0 Å². The predicted molar refractivity (Wildman–Crippen MR) is 115 cm³/mol. The molecule has 0 N–H and O–H groups in total. The van der Waals surface area contributed by atoms with Crippen molar-refractivity contribution in [1.82, 2.24) is 4.90 Å². The van der Waals surface area contributed by atoms with E-state index in [1.807, 2.05) is 19.9 Å². The van der Waals surface area contributed by atoms with Gasteiger partial charge in [0, 0.05) is 0 Å². The van der Waals surface area contributed by atoms with Crippen LogP contribution in [0.25, 0.3) is 6.08 Å². The maximum atomic E-state index is 12.5. The Morgan fingerprint density at radius 2 is 1.93 bits per heavy atom. The van der Waals surface area contributed by atoms with Crippen molar-refractivity contribution >= 4 is 57.5 Å². The summed E-state index contributed by atoms with van der Waals surface area (Å²) in [7, 11) is 0. The average molecular weight is 519 g/mol. The fourth-order valence-electron chi connectivity index (χ4n) is 2.40. The minimum Gasteiger partial charge on any atom is -0.490 e. The summed E-state index contributed by atoms with van der Waals surface area (Å²) in [6.07, 6.45) is 2.49. The van der Waals surface area contributed by atoms with Crippen LogP contribution in [0.2, 0.25) is 0 Å². The molecule has 1 aliphatic rings. The Labute approximate surface area is 181 Å². The Bertz CT molecular complexity index is 795. The van der Waals surface area contributed by atoms with Gasteiger partial charge in [0.15, 0.2) is 11.5 Å². The Morgan fingerprint density at radius 3 is 2.57 bits per heavy atom. The number of rotatable bonds is 9. The maximum Gasteiger partial charge on any atom is 0.326 e. The van der Waals surface area contributed by atoms with E-state index in [1.165, 1.54) is 0 Å². The van der Waals surface area contributed by atoms with Crippen molar-refractivity contribution in [3.8, 4) is 11.5 Å². The van der Waals surface area contributed by atoms with Crippen molar-refractivity contribution in [2.45, 2.75) is 27.2 Å². The van der Waals surface area contributed by atoms with Crippen LogP contribution in [0.15, 0.2) is 17.0 Å². The van der Waals surface area contributed by atoms with Gasteiger partial charge in [0.05, 0.1) is 28.3 Å². The lowest BCUT2D eigenvalue weighted by molar-refractivity contribution is -0.145. The molecule has 1 heterocycles. The third-order valence-electron chi connectivity index (χ3n) is 3.55. The SMILES string of the molecule is CCCOc1c(I)cc(/C=C2\SC(=O)N(CC(=O)OCC)C2=O)cc1OCC. The first-order valence-electron chi connectivity index (χ1n) is 8.91. The summed E-state index contributed by atoms with van der Waals surface area (Å²) in [4.78, 5) is 37.4. The van der Waals surface area contributed by atoms with Crippen LogP contribution in [-0.2, 0) is 14.3 Å². The van der Waals surface area contributed by atoms with E-state index in [0.29, 0.717) is 30.3 Å².